The molecule has 1 aromatic heterocycles. The van der Waals surface area contributed by atoms with E-state index in [9.17, 15) is 23.4 Å². The fourth-order valence-electron chi connectivity index (χ4n) is 4.42. The fraction of sp³-hybridized carbons (Fsp3) is 0.500. The number of anilines is 2. The molecule has 2 aliphatic rings. The van der Waals surface area contributed by atoms with Crippen LogP contribution in [0, 0.1) is 42.1 Å². The summed E-state index contributed by atoms with van der Waals surface area (Å²) in [5.74, 6) is 3.13. The molecule has 7 nitrogen and oxygen atoms in total. The van der Waals surface area contributed by atoms with Gasteiger partial charge in [0.2, 0.25) is 5.95 Å². The predicted octanol–water partition coefficient (Wildman–Crippen LogP) is 4.61. The number of aliphatic hydroxyl groups is 2. The van der Waals surface area contributed by atoms with E-state index in [2.05, 4.69) is 37.4 Å². The summed E-state index contributed by atoms with van der Waals surface area (Å²) in [7, 11) is 0. The highest BCUT2D eigenvalue weighted by atomic mass is 19.1. The van der Waals surface area contributed by atoms with Crippen molar-refractivity contribution in [3.8, 4) is 11.8 Å². The Bertz CT molecular complexity index is 1140. The number of aliphatic imine (C=N–C) groups is 1. The van der Waals surface area contributed by atoms with Crippen LogP contribution in [0.2, 0.25) is 0 Å². The van der Waals surface area contributed by atoms with Gasteiger partial charge in [-0.15, -0.1) is 0 Å². The van der Waals surface area contributed by atoms with Crippen LogP contribution in [-0.2, 0) is 0 Å². The zero-order chi connectivity index (χ0) is 25.7. The molecule has 4 rings (SSSR count). The van der Waals surface area contributed by atoms with Gasteiger partial charge in [0.05, 0.1) is 24.1 Å². The summed E-state index contributed by atoms with van der Waals surface area (Å²) in [4.78, 5) is 13.2. The first-order chi connectivity index (χ1) is 17.3. The second kappa shape index (κ2) is 11.7. The zero-order valence-electron chi connectivity index (χ0n) is 20.1. The van der Waals surface area contributed by atoms with Crippen molar-refractivity contribution in [2.45, 2.75) is 76.5 Å². The summed E-state index contributed by atoms with van der Waals surface area (Å²) in [5, 5.41) is 25.2. The second-order valence-electron chi connectivity index (χ2n) is 9.42. The third kappa shape index (κ3) is 6.95. The Kier molecular flexibility index (Phi) is 8.44. The van der Waals surface area contributed by atoms with E-state index in [1.807, 2.05) is 0 Å². The first kappa shape index (κ1) is 25.9. The third-order valence-electron chi connectivity index (χ3n) is 6.56. The van der Waals surface area contributed by atoms with Crippen LogP contribution in [0.25, 0.3) is 0 Å². The minimum Gasteiger partial charge on any atom is -0.393 e. The first-order valence-electron chi connectivity index (χ1n) is 12.2. The molecule has 36 heavy (non-hydrogen) atoms. The van der Waals surface area contributed by atoms with Crippen LogP contribution in [-0.4, -0.2) is 44.3 Å². The van der Waals surface area contributed by atoms with Gasteiger partial charge < -0.3 is 20.8 Å². The lowest BCUT2D eigenvalue weighted by Gasteiger charge is -2.26. The van der Waals surface area contributed by atoms with Crippen LogP contribution in [0.3, 0.4) is 0 Å². The zero-order valence-corrected chi connectivity index (χ0v) is 20.1. The van der Waals surface area contributed by atoms with Crippen molar-refractivity contribution in [1.82, 2.24) is 9.97 Å². The lowest BCUT2D eigenvalue weighted by atomic mass is 9.88. The quantitative estimate of drug-likeness (QED) is 0.277. The van der Waals surface area contributed by atoms with Crippen molar-refractivity contribution in [2.75, 3.05) is 10.6 Å². The number of aromatic nitrogens is 2. The summed E-state index contributed by atoms with van der Waals surface area (Å²) in [5.41, 5.74) is 0.337. The predicted molar refractivity (Wildman–Crippen MR) is 131 cm³/mol. The van der Waals surface area contributed by atoms with E-state index in [0.29, 0.717) is 55.1 Å². The number of amidine groups is 1. The minimum absolute atomic E-state index is 0.0150. The van der Waals surface area contributed by atoms with Crippen LogP contribution in [0.1, 0.15) is 57.1 Å². The molecule has 0 unspecified atom stereocenters. The molecule has 0 spiro atoms. The summed E-state index contributed by atoms with van der Waals surface area (Å²) >= 11 is 0. The number of hydrogen-bond donors (Lipinski definition) is 4. The van der Waals surface area contributed by atoms with Crippen molar-refractivity contribution in [2.24, 2.45) is 10.9 Å². The number of nitrogens with zero attached hydrogens (tertiary/aromatic N) is 3. The van der Waals surface area contributed by atoms with Crippen LogP contribution in [0.4, 0.5) is 30.5 Å². The van der Waals surface area contributed by atoms with E-state index in [0.717, 1.165) is 25.7 Å². The highest BCUT2D eigenvalue weighted by Crippen LogP contribution is 2.25. The number of nitrogens with one attached hydrogen (secondary N) is 2. The average molecular weight is 502 g/mol. The van der Waals surface area contributed by atoms with Gasteiger partial charge in [-0.25, -0.2) is 28.1 Å². The summed E-state index contributed by atoms with van der Waals surface area (Å²) < 4.78 is 42.0. The normalized spacial score (nSPS) is 24.6. The maximum atomic E-state index is 14.3. The lowest BCUT2D eigenvalue weighted by molar-refractivity contribution is 0.119. The molecule has 0 aliphatic heterocycles. The summed E-state index contributed by atoms with van der Waals surface area (Å²) in [6.45, 7) is 1.74. The van der Waals surface area contributed by atoms with Crippen LogP contribution in [0.15, 0.2) is 23.3 Å². The van der Waals surface area contributed by atoms with Gasteiger partial charge in [-0.1, -0.05) is 5.92 Å². The number of halogens is 3. The van der Waals surface area contributed by atoms with E-state index in [4.69, 9.17) is 0 Å². The van der Waals surface area contributed by atoms with E-state index >= 15 is 0 Å². The molecule has 4 N–H and O–H groups in total. The molecule has 1 heterocycles. The molecule has 0 saturated heterocycles. The molecule has 2 aliphatic carbocycles. The van der Waals surface area contributed by atoms with Crippen LogP contribution >= 0.6 is 0 Å². The van der Waals surface area contributed by atoms with Gasteiger partial charge in [-0.2, -0.15) is 0 Å². The molecular formula is C26H30F3N5O2. The van der Waals surface area contributed by atoms with E-state index < -0.39 is 23.1 Å². The van der Waals surface area contributed by atoms with Crippen molar-refractivity contribution >= 4 is 23.2 Å². The van der Waals surface area contributed by atoms with E-state index in [1.54, 1.807) is 6.92 Å². The van der Waals surface area contributed by atoms with E-state index in [1.165, 1.54) is 6.20 Å². The fourth-order valence-corrected chi connectivity index (χ4v) is 4.42. The molecule has 0 radical (unpaired) electrons. The molecule has 0 atom stereocenters. The molecular weight excluding hydrogens is 471 g/mol. The van der Waals surface area contributed by atoms with Crippen LogP contribution < -0.4 is 10.6 Å². The smallest absolute Gasteiger partial charge is 0.223 e. The molecule has 0 amide bonds. The van der Waals surface area contributed by atoms with Crippen molar-refractivity contribution < 1.29 is 23.4 Å². The SMILES string of the molecule is Cc1nc(N[C@H]2CC[C@H](O)CC2)ncc1/N=C(\C#C[C@H]1CC[C@@H](O)CC1)Nc1c(F)cc(F)cc1F. The molecule has 2 fully saturated rings. The van der Waals surface area contributed by atoms with Gasteiger partial charge in [0.25, 0.3) is 0 Å². The second-order valence-corrected chi connectivity index (χ2v) is 9.42. The maximum Gasteiger partial charge on any atom is 0.223 e. The number of benzene rings is 1. The van der Waals surface area contributed by atoms with Gasteiger partial charge in [0, 0.05) is 24.1 Å². The monoisotopic (exact) mass is 501 g/mol. The molecule has 10 heteroatoms. The topological polar surface area (TPSA) is 103 Å². The molecule has 192 valence electrons. The highest BCUT2D eigenvalue weighted by molar-refractivity contribution is 6.09. The number of aliphatic hydroxyl groups excluding tert-OH is 2. The molecule has 2 aromatic rings. The number of aryl methyl sites for hydroxylation is 1. The van der Waals surface area contributed by atoms with Crippen molar-refractivity contribution in [3.05, 3.63) is 41.5 Å². The Morgan fingerprint density at radius 2 is 1.58 bits per heavy atom. The largest absolute Gasteiger partial charge is 0.393 e. The Balaban J connectivity index is 1.57. The summed E-state index contributed by atoms with van der Waals surface area (Å²) in [6, 6.07) is 1.33. The van der Waals surface area contributed by atoms with Gasteiger partial charge in [0.1, 0.15) is 17.2 Å². The molecule has 0 bridgehead atoms. The van der Waals surface area contributed by atoms with Gasteiger partial charge in [-0.3, -0.25) is 0 Å². The summed E-state index contributed by atoms with van der Waals surface area (Å²) in [6.07, 6.45) is 6.70. The average Bonchev–Trinajstić information content (AvgIpc) is 2.83. The standard InChI is InChI=1S/C26H30F3N5O2/c1-15-23(14-30-26(31-15)32-18-5-9-20(36)10-6-18)33-24(11-4-16-2-7-19(35)8-3-16)34-25-21(28)12-17(27)13-22(25)29/h12-14,16,18-20,35-36H,2-3,5-10H2,1H3,(H,33,34)(H,30,31,32)/t16-,18-,19+,20-. The maximum absolute atomic E-state index is 14.3. The van der Waals surface area contributed by atoms with Crippen molar-refractivity contribution in [1.29, 1.82) is 0 Å². The van der Waals surface area contributed by atoms with Gasteiger partial charge in [-0.05, 0) is 64.2 Å². The first-order valence-corrected chi connectivity index (χ1v) is 12.2. The van der Waals surface area contributed by atoms with Gasteiger partial charge >= 0.3 is 0 Å². The van der Waals surface area contributed by atoms with Crippen LogP contribution in [0.5, 0.6) is 0 Å². The Morgan fingerprint density at radius 1 is 0.972 bits per heavy atom. The minimum atomic E-state index is -1.10. The number of hydrogen-bond acceptors (Lipinski definition) is 6. The Morgan fingerprint density at radius 3 is 2.19 bits per heavy atom. The Hall–Kier alpha value is -3.16. The third-order valence-corrected chi connectivity index (χ3v) is 6.56. The highest BCUT2D eigenvalue weighted by Gasteiger charge is 2.21. The van der Waals surface area contributed by atoms with Gasteiger partial charge in [0.15, 0.2) is 17.5 Å². The number of rotatable bonds is 4. The molecule has 2 saturated carbocycles. The molecule has 1 aromatic carbocycles. The van der Waals surface area contributed by atoms with Crippen molar-refractivity contribution in [3.63, 3.8) is 0 Å². The van der Waals surface area contributed by atoms with E-state index in [-0.39, 0.29) is 30.0 Å². The Labute approximate surface area is 208 Å². The lowest BCUT2D eigenvalue weighted by Crippen LogP contribution is -2.29.